The Labute approximate surface area is 102 Å². The maximum Gasteiger partial charge on any atom is 0.119 e. The second-order valence-corrected chi connectivity index (χ2v) is 5.18. The second-order valence-electron chi connectivity index (χ2n) is 4.30. The van der Waals surface area contributed by atoms with Gasteiger partial charge in [0, 0.05) is 18.0 Å². The Morgan fingerprint density at radius 3 is 2.38 bits per heavy atom. The van der Waals surface area contributed by atoms with Crippen molar-refractivity contribution in [3.63, 3.8) is 0 Å². The summed E-state index contributed by atoms with van der Waals surface area (Å²) in [7, 11) is 2.17. The van der Waals surface area contributed by atoms with Crippen LogP contribution in [0.3, 0.4) is 0 Å². The van der Waals surface area contributed by atoms with Gasteiger partial charge >= 0.3 is 0 Å². The van der Waals surface area contributed by atoms with Gasteiger partial charge in [-0.15, -0.1) is 11.8 Å². The molecule has 1 aromatic rings. The van der Waals surface area contributed by atoms with Crippen LogP contribution in [-0.2, 0) is 0 Å². The molecule has 1 aromatic carbocycles. The standard InChI is InChI=1S/C13H19NOS/c1-14-9-7-12(8-10-14)15-11-3-5-13(16-2)6-4-11/h3-6,12H,7-10H2,1-2H3. The molecule has 1 aliphatic rings. The van der Waals surface area contributed by atoms with E-state index in [1.54, 1.807) is 11.8 Å². The van der Waals surface area contributed by atoms with Gasteiger partial charge in [-0.2, -0.15) is 0 Å². The van der Waals surface area contributed by atoms with Gasteiger partial charge in [0.15, 0.2) is 0 Å². The van der Waals surface area contributed by atoms with Gasteiger partial charge in [-0.25, -0.2) is 0 Å². The molecule has 0 saturated carbocycles. The van der Waals surface area contributed by atoms with Crippen LogP contribution < -0.4 is 4.74 Å². The van der Waals surface area contributed by atoms with Crippen molar-refractivity contribution in [2.75, 3.05) is 26.4 Å². The van der Waals surface area contributed by atoms with Crippen molar-refractivity contribution in [3.8, 4) is 5.75 Å². The van der Waals surface area contributed by atoms with Gasteiger partial charge in [-0.1, -0.05) is 0 Å². The van der Waals surface area contributed by atoms with E-state index in [1.165, 1.54) is 4.90 Å². The van der Waals surface area contributed by atoms with Gasteiger partial charge in [0.25, 0.3) is 0 Å². The van der Waals surface area contributed by atoms with Gasteiger partial charge in [-0.05, 0) is 50.4 Å². The van der Waals surface area contributed by atoms with Gasteiger partial charge in [0.1, 0.15) is 11.9 Å². The van der Waals surface area contributed by atoms with Crippen molar-refractivity contribution < 1.29 is 4.74 Å². The van der Waals surface area contributed by atoms with Crippen LogP contribution >= 0.6 is 11.8 Å². The highest BCUT2D eigenvalue weighted by molar-refractivity contribution is 7.98. The first-order chi connectivity index (χ1) is 7.78. The summed E-state index contributed by atoms with van der Waals surface area (Å²) in [6.45, 7) is 2.29. The van der Waals surface area contributed by atoms with Crippen LogP contribution in [0, 0.1) is 0 Å². The molecular weight excluding hydrogens is 218 g/mol. The lowest BCUT2D eigenvalue weighted by molar-refractivity contribution is 0.114. The lowest BCUT2D eigenvalue weighted by atomic mass is 10.1. The van der Waals surface area contributed by atoms with E-state index >= 15 is 0 Å². The largest absolute Gasteiger partial charge is 0.490 e. The Morgan fingerprint density at radius 2 is 1.81 bits per heavy atom. The van der Waals surface area contributed by atoms with Crippen LogP contribution in [0.5, 0.6) is 5.75 Å². The van der Waals surface area contributed by atoms with Gasteiger partial charge < -0.3 is 9.64 Å². The van der Waals surface area contributed by atoms with E-state index in [0.29, 0.717) is 6.10 Å². The molecule has 0 N–H and O–H groups in total. The topological polar surface area (TPSA) is 12.5 Å². The van der Waals surface area contributed by atoms with Crippen molar-refractivity contribution in [1.82, 2.24) is 4.90 Å². The molecule has 0 aliphatic carbocycles. The molecule has 1 fully saturated rings. The summed E-state index contributed by atoms with van der Waals surface area (Å²) in [5, 5.41) is 0. The van der Waals surface area contributed by atoms with Crippen LogP contribution in [0.15, 0.2) is 29.2 Å². The fourth-order valence-corrected chi connectivity index (χ4v) is 2.36. The molecule has 0 radical (unpaired) electrons. The summed E-state index contributed by atoms with van der Waals surface area (Å²) in [5.41, 5.74) is 0. The predicted molar refractivity (Wildman–Crippen MR) is 69.4 cm³/mol. The lowest BCUT2D eigenvalue weighted by Gasteiger charge is -2.29. The maximum atomic E-state index is 5.97. The van der Waals surface area contributed by atoms with Crippen LogP contribution in [0.2, 0.25) is 0 Å². The summed E-state index contributed by atoms with van der Waals surface area (Å²) >= 11 is 1.76. The van der Waals surface area contributed by atoms with E-state index in [4.69, 9.17) is 4.74 Å². The van der Waals surface area contributed by atoms with Crippen LogP contribution in [0.1, 0.15) is 12.8 Å². The van der Waals surface area contributed by atoms with E-state index in [-0.39, 0.29) is 0 Å². The highest BCUT2D eigenvalue weighted by Crippen LogP contribution is 2.22. The summed E-state index contributed by atoms with van der Waals surface area (Å²) in [4.78, 5) is 3.65. The molecule has 1 aliphatic heterocycles. The van der Waals surface area contributed by atoms with Gasteiger partial charge in [0.2, 0.25) is 0 Å². The SMILES string of the molecule is CSc1ccc(OC2CCN(C)CC2)cc1. The molecule has 88 valence electrons. The second kappa shape index (κ2) is 5.60. The molecule has 16 heavy (non-hydrogen) atoms. The minimum atomic E-state index is 0.399. The molecule has 1 saturated heterocycles. The minimum Gasteiger partial charge on any atom is -0.490 e. The molecule has 0 unspecified atom stereocenters. The number of ether oxygens (including phenoxy) is 1. The molecule has 0 atom stereocenters. The Morgan fingerprint density at radius 1 is 1.19 bits per heavy atom. The predicted octanol–water partition coefficient (Wildman–Crippen LogP) is 2.88. The maximum absolute atomic E-state index is 5.97. The fraction of sp³-hybridized carbons (Fsp3) is 0.538. The number of thioether (sulfide) groups is 1. The number of nitrogens with zero attached hydrogens (tertiary/aromatic N) is 1. The van der Waals surface area contributed by atoms with E-state index in [0.717, 1.165) is 31.7 Å². The van der Waals surface area contributed by atoms with E-state index < -0.39 is 0 Å². The molecule has 0 spiro atoms. The fourth-order valence-electron chi connectivity index (χ4n) is 1.95. The van der Waals surface area contributed by atoms with E-state index in [2.05, 4.69) is 42.5 Å². The molecule has 0 aromatic heterocycles. The molecule has 1 heterocycles. The van der Waals surface area contributed by atoms with Crippen molar-refractivity contribution in [3.05, 3.63) is 24.3 Å². The molecule has 2 rings (SSSR count). The van der Waals surface area contributed by atoms with Crippen molar-refractivity contribution in [2.45, 2.75) is 23.8 Å². The molecule has 0 amide bonds. The zero-order chi connectivity index (χ0) is 11.4. The third-order valence-electron chi connectivity index (χ3n) is 3.03. The zero-order valence-electron chi connectivity index (χ0n) is 9.98. The first-order valence-electron chi connectivity index (χ1n) is 5.77. The first-order valence-corrected chi connectivity index (χ1v) is 6.99. The molecular formula is C13H19NOS. The van der Waals surface area contributed by atoms with Crippen LogP contribution in [0.4, 0.5) is 0 Å². The summed E-state index contributed by atoms with van der Waals surface area (Å²) in [6.07, 6.45) is 4.77. The highest BCUT2D eigenvalue weighted by atomic mass is 32.2. The molecule has 2 nitrogen and oxygen atoms in total. The Bertz CT molecular complexity index is 317. The van der Waals surface area contributed by atoms with Crippen LogP contribution in [-0.4, -0.2) is 37.4 Å². The number of hydrogen-bond donors (Lipinski definition) is 0. The van der Waals surface area contributed by atoms with Crippen LogP contribution in [0.25, 0.3) is 0 Å². The number of piperidine rings is 1. The monoisotopic (exact) mass is 237 g/mol. The Balaban J connectivity index is 1.88. The normalized spacial score (nSPS) is 18.6. The average molecular weight is 237 g/mol. The number of hydrogen-bond acceptors (Lipinski definition) is 3. The Hall–Kier alpha value is -0.670. The van der Waals surface area contributed by atoms with E-state index in [9.17, 15) is 0 Å². The summed E-state index contributed by atoms with van der Waals surface area (Å²) in [5.74, 6) is 1.01. The highest BCUT2D eigenvalue weighted by Gasteiger charge is 2.17. The molecule has 0 bridgehead atoms. The zero-order valence-corrected chi connectivity index (χ0v) is 10.8. The first kappa shape index (κ1) is 11.8. The third-order valence-corrected chi connectivity index (χ3v) is 3.77. The van der Waals surface area contributed by atoms with Crippen molar-refractivity contribution in [1.29, 1.82) is 0 Å². The number of likely N-dealkylation sites (tertiary alicyclic amines) is 1. The Kier molecular flexibility index (Phi) is 4.13. The summed E-state index contributed by atoms with van der Waals surface area (Å²) < 4.78 is 5.97. The quantitative estimate of drug-likeness (QED) is 0.750. The number of rotatable bonds is 3. The molecule has 3 heteroatoms. The third kappa shape index (κ3) is 3.16. The smallest absolute Gasteiger partial charge is 0.119 e. The van der Waals surface area contributed by atoms with Gasteiger partial charge in [0.05, 0.1) is 0 Å². The summed E-state index contributed by atoms with van der Waals surface area (Å²) in [6, 6.07) is 8.39. The van der Waals surface area contributed by atoms with Gasteiger partial charge in [-0.3, -0.25) is 0 Å². The van der Waals surface area contributed by atoms with Crippen molar-refractivity contribution >= 4 is 11.8 Å². The number of benzene rings is 1. The van der Waals surface area contributed by atoms with E-state index in [1.807, 2.05) is 0 Å². The lowest BCUT2D eigenvalue weighted by Crippen LogP contribution is -2.35. The average Bonchev–Trinajstić information content (AvgIpc) is 2.33. The minimum absolute atomic E-state index is 0.399. The van der Waals surface area contributed by atoms with Crippen molar-refractivity contribution in [2.24, 2.45) is 0 Å².